The van der Waals surface area contributed by atoms with E-state index in [-0.39, 0.29) is 5.56 Å². The molecule has 33 heavy (non-hydrogen) atoms. The van der Waals surface area contributed by atoms with Crippen molar-refractivity contribution >= 4 is 11.0 Å². The monoisotopic (exact) mass is 436 g/mol. The average Bonchev–Trinajstić information content (AvgIpc) is 2.87. The van der Waals surface area contributed by atoms with Gasteiger partial charge in [-0.3, -0.25) is 14.3 Å². The molecular formula is C27H24N4O2. The first kappa shape index (κ1) is 20.9. The lowest BCUT2D eigenvalue weighted by Gasteiger charge is -2.30. The molecule has 0 saturated carbocycles. The molecule has 1 aliphatic heterocycles. The zero-order valence-corrected chi connectivity index (χ0v) is 18.5. The number of hydrogen-bond acceptors (Lipinski definition) is 5. The van der Waals surface area contributed by atoms with E-state index in [1.165, 1.54) is 0 Å². The quantitative estimate of drug-likeness (QED) is 0.475. The van der Waals surface area contributed by atoms with E-state index in [9.17, 15) is 10.1 Å². The third-order valence-corrected chi connectivity index (χ3v) is 6.26. The van der Waals surface area contributed by atoms with Crippen LogP contribution in [-0.2, 0) is 26.1 Å². The van der Waals surface area contributed by atoms with Crippen molar-refractivity contribution < 1.29 is 4.74 Å². The number of fused-ring (bicyclic) bond motifs is 3. The Balaban J connectivity index is 1.52. The molecule has 4 aromatic rings. The van der Waals surface area contributed by atoms with Gasteiger partial charge in [-0.1, -0.05) is 24.3 Å². The Labute approximate surface area is 192 Å². The first-order valence-corrected chi connectivity index (χ1v) is 11.0. The molecule has 2 aromatic carbocycles. The van der Waals surface area contributed by atoms with Crippen LogP contribution in [-0.4, -0.2) is 28.1 Å². The Morgan fingerprint density at radius 1 is 1.03 bits per heavy atom. The fraction of sp³-hybridized carbons (Fsp3) is 0.222. The predicted molar refractivity (Wildman–Crippen MR) is 127 cm³/mol. The van der Waals surface area contributed by atoms with Crippen LogP contribution in [0.1, 0.15) is 27.8 Å². The van der Waals surface area contributed by atoms with Crippen molar-refractivity contribution in [3.63, 3.8) is 0 Å². The molecule has 164 valence electrons. The highest BCUT2D eigenvalue weighted by molar-refractivity contribution is 5.80. The van der Waals surface area contributed by atoms with Crippen molar-refractivity contribution in [1.82, 2.24) is 14.5 Å². The summed E-state index contributed by atoms with van der Waals surface area (Å²) < 4.78 is 7.05. The van der Waals surface area contributed by atoms with Crippen LogP contribution in [0.4, 0.5) is 0 Å². The Morgan fingerprint density at radius 2 is 1.88 bits per heavy atom. The summed E-state index contributed by atoms with van der Waals surface area (Å²) in [7, 11) is 1.64. The number of nitriles is 1. The molecule has 0 radical (unpaired) electrons. The van der Waals surface area contributed by atoms with Gasteiger partial charge < -0.3 is 4.74 Å². The molecule has 0 atom stereocenters. The standard InChI is InChI=1S/C27H24N4O2/c1-33-22-9-7-19(8-10-22)17-31-26-24(6-3-12-29-26)23-11-13-30(18-25(23)27(31)32)16-21-5-2-4-20(14-21)15-28/h2-10,12,14H,11,13,16-18H2,1H3. The molecule has 0 N–H and O–H groups in total. The van der Waals surface area contributed by atoms with Crippen molar-refractivity contribution in [2.45, 2.75) is 26.1 Å². The topological polar surface area (TPSA) is 71.2 Å². The van der Waals surface area contributed by atoms with E-state index in [1.807, 2.05) is 54.6 Å². The molecule has 2 aromatic heterocycles. The van der Waals surface area contributed by atoms with Gasteiger partial charge in [0.2, 0.25) is 0 Å². The molecule has 3 heterocycles. The van der Waals surface area contributed by atoms with Gasteiger partial charge in [0.05, 0.1) is 25.3 Å². The zero-order valence-electron chi connectivity index (χ0n) is 18.5. The van der Waals surface area contributed by atoms with Gasteiger partial charge in [-0.25, -0.2) is 4.98 Å². The predicted octanol–water partition coefficient (Wildman–Crippen LogP) is 3.88. The van der Waals surface area contributed by atoms with Crippen LogP contribution in [0.5, 0.6) is 5.75 Å². The second-order valence-electron chi connectivity index (χ2n) is 8.34. The summed E-state index contributed by atoms with van der Waals surface area (Å²) in [6.45, 7) is 2.60. The summed E-state index contributed by atoms with van der Waals surface area (Å²) in [4.78, 5) is 20.5. The summed E-state index contributed by atoms with van der Waals surface area (Å²) in [5.74, 6) is 0.788. The lowest BCUT2D eigenvalue weighted by atomic mass is 9.97. The molecule has 0 fully saturated rings. The Kier molecular flexibility index (Phi) is 5.64. The molecule has 0 bridgehead atoms. The van der Waals surface area contributed by atoms with E-state index in [0.717, 1.165) is 52.0 Å². The van der Waals surface area contributed by atoms with Crippen LogP contribution in [0.3, 0.4) is 0 Å². The van der Waals surface area contributed by atoms with Crippen molar-refractivity contribution in [1.29, 1.82) is 5.26 Å². The van der Waals surface area contributed by atoms with Crippen LogP contribution < -0.4 is 10.3 Å². The van der Waals surface area contributed by atoms with E-state index in [1.54, 1.807) is 17.9 Å². The molecule has 0 aliphatic carbocycles. The molecule has 1 aliphatic rings. The second kappa shape index (κ2) is 8.89. The van der Waals surface area contributed by atoms with Gasteiger partial charge in [-0.15, -0.1) is 0 Å². The molecule has 0 spiro atoms. The summed E-state index contributed by atoms with van der Waals surface area (Å²) in [6, 6.07) is 21.6. The number of nitrogens with zero attached hydrogens (tertiary/aromatic N) is 4. The molecule has 5 rings (SSSR count). The SMILES string of the molecule is COc1ccc(Cn2c(=O)c3c(c4cccnc42)CCN(Cc2cccc(C#N)c2)C3)cc1. The third kappa shape index (κ3) is 4.11. The minimum Gasteiger partial charge on any atom is -0.497 e. The van der Waals surface area contributed by atoms with Gasteiger partial charge >= 0.3 is 0 Å². The number of ether oxygens (including phenoxy) is 1. The van der Waals surface area contributed by atoms with Crippen LogP contribution in [0.2, 0.25) is 0 Å². The Morgan fingerprint density at radius 3 is 2.67 bits per heavy atom. The molecule has 0 saturated heterocycles. The lowest BCUT2D eigenvalue weighted by Crippen LogP contribution is -2.37. The van der Waals surface area contributed by atoms with Crippen molar-refractivity contribution in [3.8, 4) is 11.8 Å². The Bertz CT molecular complexity index is 1420. The van der Waals surface area contributed by atoms with E-state index in [4.69, 9.17) is 4.74 Å². The average molecular weight is 437 g/mol. The van der Waals surface area contributed by atoms with Crippen molar-refractivity contribution in [2.24, 2.45) is 0 Å². The number of methoxy groups -OCH3 is 1. The van der Waals surface area contributed by atoms with Crippen LogP contribution in [0.15, 0.2) is 71.7 Å². The minimum atomic E-state index is 0.0162. The number of pyridine rings is 2. The van der Waals surface area contributed by atoms with Crippen LogP contribution >= 0.6 is 0 Å². The molecule has 6 heteroatoms. The van der Waals surface area contributed by atoms with E-state index >= 15 is 0 Å². The van der Waals surface area contributed by atoms with Gasteiger partial charge in [0, 0.05) is 36.8 Å². The number of rotatable bonds is 5. The summed E-state index contributed by atoms with van der Waals surface area (Å²) in [6.07, 6.45) is 2.55. The van der Waals surface area contributed by atoms with Gasteiger partial charge in [0.15, 0.2) is 0 Å². The third-order valence-electron chi connectivity index (χ3n) is 6.26. The van der Waals surface area contributed by atoms with Crippen molar-refractivity contribution in [3.05, 3.63) is 105 Å². The van der Waals surface area contributed by atoms with E-state index in [0.29, 0.717) is 25.2 Å². The summed E-state index contributed by atoms with van der Waals surface area (Å²) in [5, 5.41) is 10.2. The number of aromatic nitrogens is 2. The van der Waals surface area contributed by atoms with Crippen LogP contribution in [0.25, 0.3) is 11.0 Å². The highest BCUT2D eigenvalue weighted by Crippen LogP contribution is 2.26. The maximum Gasteiger partial charge on any atom is 0.257 e. The van der Waals surface area contributed by atoms with Gasteiger partial charge in [-0.2, -0.15) is 5.26 Å². The summed E-state index contributed by atoms with van der Waals surface area (Å²) in [5.41, 5.74) is 5.45. The molecule has 0 amide bonds. The fourth-order valence-corrected chi connectivity index (χ4v) is 4.61. The molecule has 0 unspecified atom stereocenters. The number of benzene rings is 2. The Hall–Kier alpha value is -3.95. The fourth-order valence-electron chi connectivity index (χ4n) is 4.61. The van der Waals surface area contributed by atoms with E-state index in [2.05, 4.69) is 22.0 Å². The maximum atomic E-state index is 13.7. The number of hydrogen-bond donors (Lipinski definition) is 0. The van der Waals surface area contributed by atoms with Crippen LogP contribution in [0, 0.1) is 11.3 Å². The largest absolute Gasteiger partial charge is 0.497 e. The van der Waals surface area contributed by atoms with E-state index < -0.39 is 0 Å². The summed E-state index contributed by atoms with van der Waals surface area (Å²) >= 11 is 0. The maximum absolute atomic E-state index is 13.7. The zero-order chi connectivity index (χ0) is 22.8. The molecular weight excluding hydrogens is 412 g/mol. The lowest BCUT2D eigenvalue weighted by molar-refractivity contribution is 0.244. The van der Waals surface area contributed by atoms with Gasteiger partial charge in [-0.05, 0) is 59.5 Å². The van der Waals surface area contributed by atoms with Gasteiger partial charge in [0.1, 0.15) is 11.4 Å². The first-order valence-electron chi connectivity index (χ1n) is 11.0. The minimum absolute atomic E-state index is 0.0162. The first-order chi connectivity index (χ1) is 16.2. The highest BCUT2D eigenvalue weighted by Gasteiger charge is 2.24. The highest BCUT2D eigenvalue weighted by atomic mass is 16.5. The van der Waals surface area contributed by atoms with Crippen molar-refractivity contribution in [2.75, 3.05) is 13.7 Å². The normalized spacial score (nSPS) is 13.5. The molecule has 6 nitrogen and oxygen atoms in total. The van der Waals surface area contributed by atoms with Gasteiger partial charge in [0.25, 0.3) is 5.56 Å². The smallest absolute Gasteiger partial charge is 0.257 e. The second-order valence-corrected chi connectivity index (χ2v) is 8.34.